The third-order valence-electron chi connectivity index (χ3n) is 3.69. The monoisotopic (exact) mass is 296 g/mol. The third kappa shape index (κ3) is 3.92. The number of anilines is 1. The summed E-state index contributed by atoms with van der Waals surface area (Å²) in [5.41, 5.74) is 2.54. The molecule has 114 valence electrons. The molecule has 0 aromatic carbocycles. The fourth-order valence-electron chi connectivity index (χ4n) is 2.74. The highest BCUT2D eigenvalue weighted by Crippen LogP contribution is 2.25. The average molecular weight is 296 g/mol. The Kier molecular flexibility index (Phi) is 5.78. The van der Waals surface area contributed by atoms with Crippen molar-refractivity contribution >= 4 is 17.6 Å². The summed E-state index contributed by atoms with van der Waals surface area (Å²) >= 11 is 2.07. The fraction of sp³-hybridized carbons (Fsp3) is 0.800. The van der Waals surface area contributed by atoms with Crippen molar-refractivity contribution in [3.8, 4) is 0 Å². The summed E-state index contributed by atoms with van der Waals surface area (Å²) < 4.78 is 2.07. The number of aryl methyl sites for hydroxylation is 2. The smallest absolute Gasteiger partial charge is 0.131 e. The van der Waals surface area contributed by atoms with E-state index < -0.39 is 0 Å². The van der Waals surface area contributed by atoms with Gasteiger partial charge in [0.2, 0.25) is 0 Å². The maximum atomic E-state index is 4.64. The van der Waals surface area contributed by atoms with E-state index in [0.717, 1.165) is 31.9 Å². The molecule has 0 unspecified atom stereocenters. The van der Waals surface area contributed by atoms with E-state index in [-0.39, 0.29) is 0 Å². The number of rotatable bonds is 5. The Labute approximate surface area is 127 Å². The van der Waals surface area contributed by atoms with Crippen LogP contribution in [0.2, 0.25) is 0 Å². The minimum Gasteiger partial charge on any atom is -0.356 e. The predicted molar refractivity (Wildman–Crippen MR) is 88.6 cm³/mol. The lowest BCUT2D eigenvalue weighted by molar-refractivity contribution is 0.551. The Morgan fingerprint density at radius 2 is 2.10 bits per heavy atom. The lowest BCUT2D eigenvalue weighted by Crippen LogP contribution is -2.29. The average Bonchev–Trinajstić information content (AvgIpc) is 2.59. The quantitative estimate of drug-likeness (QED) is 0.904. The molecule has 1 aliphatic rings. The molecule has 2 rings (SSSR count). The molecule has 0 bridgehead atoms. The molecule has 4 nitrogen and oxygen atoms in total. The van der Waals surface area contributed by atoms with Gasteiger partial charge < -0.3 is 10.2 Å². The van der Waals surface area contributed by atoms with Gasteiger partial charge in [0.05, 0.1) is 5.69 Å². The van der Waals surface area contributed by atoms with E-state index in [4.69, 9.17) is 0 Å². The minimum atomic E-state index is 0.685. The highest BCUT2D eigenvalue weighted by atomic mass is 32.2. The molecule has 1 fully saturated rings. The lowest BCUT2D eigenvalue weighted by Gasteiger charge is -2.24. The third-order valence-corrected chi connectivity index (χ3v) is 4.74. The van der Waals surface area contributed by atoms with Crippen LogP contribution in [0.5, 0.6) is 0 Å². The summed E-state index contributed by atoms with van der Waals surface area (Å²) in [4.78, 5) is 2.52. The van der Waals surface area contributed by atoms with E-state index in [1.54, 1.807) is 0 Å². The van der Waals surface area contributed by atoms with Crippen LogP contribution in [0.4, 0.5) is 5.82 Å². The molecule has 5 heteroatoms. The van der Waals surface area contributed by atoms with Gasteiger partial charge in [-0.1, -0.05) is 13.8 Å². The Morgan fingerprint density at radius 3 is 2.85 bits per heavy atom. The van der Waals surface area contributed by atoms with Gasteiger partial charge in [-0.2, -0.15) is 16.9 Å². The second-order valence-corrected chi connectivity index (χ2v) is 7.21. The topological polar surface area (TPSA) is 33.1 Å². The Morgan fingerprint density at radius 1 is 1.30 bits per heavy atom. The Bertz CT molecular complexity index is 420. The van der Waals surface area contributed by atoms with E-state index >= 15 is 0 Å². The summed E-state index contributed by atoms with van der Waals surface area (Å²) in [5.74, 6) is 4.52. The molecule has 1 aromatic heterocycles. The van der Waals surface area contributed by atoms with Gasteiger partial charge in [0.25, 0.3) is 0 Å². The molecule has 0 aliphatic carbocycles. The first-order valence-electron chi connectivity index (χ1n) is 7.65. The highest BCUT2D eigenvalue weighted by molar-refractivity contribution is 7.99. The van der Waals surface area contributed by atoms with Gasteiger partial charge in [-0.25, -0.2) is 0 Å². The van der Waals surface area contributed by atoms with Crippen LogP contribution in [-0.2, 0) is 13.6 Å². The van der Waals surface area contributed by atoms with Crippen LogP contribution in [-0.4, -0.2) is 40.9 Å². The first-order valence-corrected chi connectivity index (χ1v) is 8.81. The second kappa shape index (κ2) is 7.36. The maximum Gasteiger partial charge on any atom is 0.131 e. The van der Waals surface area contributed by atoms with Crippen molar-refractivity contribution in [3.63, 3.8) is 0 Å². The van der Waals surface area contributed by atoms with Gasteiger partial charge in [-0.15, -0.1) is 0 Å². The SMILES string of the molecule is Cc1nn(C)c(N2CCCSCC2)c1CNCC(C)C. The van der Waals surface area contributed by atoms with Crippen LogP contribution in [0.3, 0.4) is 0 Å². The van der Waals surface area contributed by atoms with Crippen molar-refractivity contribution in [3.05, 3.63) is 11.3 Å². The van der Waals surface area contributed by atoms with Crippen molar-refractivity contribution in [2.75, 3.05) is 36.0 Å². The molecular formula is C15H28N4S. The first kappa shape index (κ1) is 15.7. The summed E-state index contributed by atoms with van der Waals surface area (Å²) in [6.45, 7) is 10.9. The number of nitrogens with zero attached hydrogens (tertiary/aromatic N) is 3. The van der Waals surface area contributed by atoms with Gasteiger partial charge in [-0.05, 0) is 31.6 Å². The van der Waals surface area contributed by atoms with Crippen LogP contribution in [0.25, 0.3) is 0 Å². The molecule has 0 spiro atoms. The summed E-state index contributed by atoms with van der Waals surface area (Å²) in [5, 5.41) is 8.21. The number of hydrogen-bond donors (Lipinski definition) is 1. The molecular weight excluding hydrogens is 268 g/mol. The normalized spacial score (nSPS) is 16.8. The molecule has 2 heterocycles. The Balaban J connectivity index is 2.13. The number of nitrogens with one attached hydrogen (secondary N) is 1. The van der Waals surface area contributed by atoms with Crippen molar-refractivity contribution in [1.29, 1.82) is 0 Å². The molecule has 0 radical (unpaired) electrons. The first-order chi connectivity index (χ1) is 9.59. The molecule has 0 atom stereocenters. The summed E-state index contributed by atoms with van der Waals surface area (Å²) in [6.07, 6.45) is 1.27. The van der Waals surface area contributed by atoms with E-state index in [9.17, 15) is 0 Å². The van der Waals surface area contributed by atoms with Crippen molar-refractivity contribution in [2.24, 2.45) is 13.0 Å². The fourth-order valence-corrected chi connectivity index (χ4v) is 3.62. The van der Waals surface area contributed by atoms with E-state index in [0.29, 0.717) is 5.92 Å². The molecule has 0 saturated carbocycles. The van der Waals surface area contributed by atoms with E-state index in [2.05, 4.69) is 59.6 Å². The maximum absolute atomic E-state index is 4.64. The largest absolute Gasteiger partial charge is 0.356 e. The minimum absolute atomic E-state index is 0.685. The molecule has 20 heavy (non-hydrogen) atoms. The van der Waals surface area contributed by atoms with Gasteiger partial charge in [0.15, 0.2) is 0 Å². The van der Waals surface area contributed by atoms with Crippen molar-refractivity contribution < 1.29 is 0 Å². The zero-order valence-electron chi connectivity index (χ0n) is 13.3. The van der Waals surface area contributed by atoms with Gasteiger partial charge in [0.1, 0.15) is 5.82 Å². The zero-order valence-corrected chi connectivity index (χ0v) is 14.1. The van der Waals surface area contributed by atoms with Crippen LogP contribution in [0, 0.1) is 12.8 Å². The number of thioether (sulfide) groups is 1. The van der Waals surface area contributed by atoms with Crippen LogP contribution in [0.15, 0.2) is 0 Å². The molecule has 0 amide bonds. The van der Waals surface area contributed by atoms with Crippen LogP contribution >= 0.6 is 11.8 Å². The van der Waals surface area contributed by atoms with Crippen LogP contribution < -0.4 is 10.2 Å². The molecule has 1 aliphatic heterocycles. The Hall–Kier alpha value is -0.680. The van der Waals surface area contributed by atoms with Gasteiger partial charge >= 0.3 is 0 Å². The molecule has 1 saturated heterocycles. The summed E-state index contributed by atoms with van der Waals surface area (Å²) in [6, 6.07) is 0. The predicted octanol–water partition coefficient (Wildman–Crippen LogP) is 2.42. The van der Waals surface area contributed by atoms with E-state index in [1.165, 1.54) is 29.3 Å². The lowest BCUT2D eigenvalue weighted by atomic mass is 10.2. The van der Waals surface area contributed by atoms with E-state index in [1.807, 2.05) is 0 Å². The summed E-state index contributed by atoms with van der Waals surface area (Å²) in [7, 11) is 2.08. The molecule has 1 N–H and O–H groups in total. The van der Waals surface area contributed by atoms with Crippen molar-refractivity contribution in [1.82, 2.24) is 15.1 Å². The highest BCUT2D eigenvalue weighted by Gasteiger charge is 2.20. The van der Waals surface area contributed by atoms with Crippen LogP contribution in [0.1, 0.15) is 31.5 Å². The number of aromatic nitrogens is 2. The standard InChI is InChI=1S/C15H28N4S/c1-12(2)10-16-11-14-13(3)17-18(4)15(14)19-6-5-8-20-9-7-19/h12,16H,5-11H2,1-4H3. The molecule has 1 aromatic rings. The zero-order chi connectivity index (χ0) is 14.5. The van der Waals surface area contributed by atoms with Gasteiger partial charge in [0, 0.05) is 38.0 Å². The second-order valence-electron chi connectivity index (χ2n) is 5.99. The van der Waals surface area contributed by atoms with Crippen molar-refractivity contribution in [2.45, 2.75) is 33.7 Å². The number of hydrogen-bond acceptors (Lipinski definition) is 4. The van der Waals surface area contributed by atoms with Gasteiger partial charge in [-0.3, -0.25) is 4.68 Å².